The zero-order chi connectivity index (χ0) is 15.6. The summed E-state index contributed by atoms with van der Waals surface area (Å²) in [5, 5.41) is 2.87. The maximum Gasteiger partial charge on any atom is 0.254 e. The van der Waals surface area contributed by atoms with Crippen LogP contribution >= 0.6 is 0 Å². The van der Waals surface area contributed by atoms with Gasteiger partial charge in [-0.3, -0.25) is 4.79 Å². The van der Waals surface area contributed by atoms with Gasteiger partial charge in [-0.2, -0.15) is 0 Å². The van der Waals surface area contributed by atoms with Gasteiger partial charge in [0.05, 0.1) is 5.56 Å². The fourth-order valence-corrected chi connectivity index (χ4v) is 2.67. The van der Waals surface area contributed by atoms with Gasteiger partial charge in [-0.1, -0.05) is 0 Å². The first-order valence-electron chi connectivity index (χ1n) is 7.32. The Morgan fingerprint density at radius 3 is 2.48 bits per heavy atom. The van der Waals surface area contributed by atoms with Gasteiger partial charge in [-0.25, -0.2) is 8.78 Å². The summed E-state index contributed by atoms with van der Waals surface area (Å²) in [5.41, 5.74) is -0.608. The molecule has 1 N–H and O–H groups in total. The van der Waals surface area contributed by atoms with Crippen LogP contribution in [0, 0.1) is 11.6 Å². The first-order valence-corrected chi connectivity index (χ1v) is 7.32. The van der Waals surface area contributed by atoms with Crippen molar-refractivity contribution in [2.45, 2.75) is 45.2 Å². The largest absolute Gasteiger partial charge is 0.347 e. The van der Waals surface area contributed by atoms with E-state index in [1.54, 1.807) is 0 Å². The number of likely N-dealkylation sites (tertiary alicyclic amines) is 1. The number of nitrogens with one attached hydrogen (secondary N) is 1. The van der Waals surface area contributed by atoms with Gasteiger partial charge >= 0.3 is 0 Å². The number of carbonyl (C=O) groups excluding carboxylic acids is 1. The average molecular weight is 296 g/mol. The predicted octanol–water partition coefficient (Wildman–Crippen LogP) is 2.96. The Morgan fingerprint density at radius 1 is 1.29 bits per heavy atom. The molecule has 0 bridgehead atoms. The zero-order valence-corrected chi connectivity index (χ0v) is 12.7. The molecular weight excluding hydrogens is 274 g/mol. The van der Waals surface area contributed by atoms with Crippen molar-refractivity contribution in [1.82, 2.24) is 10.2 Å². The van der Waals surface area contributed by atoms with Crippen LogP contribution in [0.3, 0.4) is 0 Å². The highest BCUT2D eigenvalue weighted by molar-refractivity contribution is 5.95. The second-order valence-electron chi connectivity index (χ2n) is 6.27. The lowest BCUT2D eigenvalue weighted by Crippen LogP contribution is -2.54. The van der Waals surface area contributed by atoms with E-state index in [4.69, 9.17) is 0 Å². The van der Waals surface area contributed by atoms with E-state index in [1.165, 1.54) is 0 Å². The minimum absolute atomic E-state index is 0.234. The van der Waals surface area contributed by atoms with Gasteiger partial charge in [-0.05, 0) is 51.8 Å². The van der Waals surface area contributed by atoms with E-state index in [0.29, 0.717) is 6.04 Å². The molecule has 1 aromatic rings. The number of halogens is 2. The van der Waals surface area contributed by atoms with E-state index in [9.17, 15) is 13.6 Å². The number of nitrogens with zero attached hydrogens (tertiary/aromatic N) is 1. The Hall–Kier alpha value is -1.49. The Balaban J connectivity index is 2.04. The van der Waals surface area contributed by atoms with Gasteiger partial charge in [0.15, 0.2) is 0 Å². The molecule has 116 valence electrons. The third-order valence-electron chi connectivity index (χ3n) is 4.22. The minimum Gasteiger partial charge on any atom is -0.347 e. The van der Waals surface area contributed by atoms with Gasteiger partial charge in [0.2, 0.25) is 0 Å². The van der Waals surface area contributed by atoms with Crippen LogP contribution in [0.15, 0.2) is 18.2 Å². The summed E-state index contributed by atoms with van der Waals surface area (Å²) < 4.78 is 26.8. The van der Waals surface area contributed by atoms with E-state index in [2.05, 4.69) is 24.1 Å². The minimum atomic E-state index is -0.697. The lowest BCUT2D eigenvalue weighted by Gasteiger charge is -2.41. The fourth-order valence-electron chi connectivity index (χ4n) is 2.67. The molecule has 0 unspecified atom stereocenters. The van der Waals surface area contributed by atoms with Crippen molar-refractivity contribution in [3.8, 4) is 0 Å². The Kier molecular flexibility index (Phi) is 4.61. The van der Waals surface area contributed by atoms with E-state index in [0.717, 1.165) is 44.1 Å². The predicted molar refractivity (Wildman–Crippen MR) is 78.2 cm³/mol. The van der Waals surface area contributed by atoms with Gasteiger partial charge < -0.3 is 10.2 Å². The van der Waals surface area contributed by atoms with Crippen LogP contribution in [0.1, 0.15) is 44.0 Å². The number of carbonyl (C=O) groups is 1. The molecule has 5 heteroatoms. The van der Waals surface area contributed by atoms with Gasteiger partial charge in [0, 0.05) is 24.7 Å². The molecule has 0 atom stereocenters. The molecular formula is C16H22F2N2O. The van der Waals surface area contributed by atoms with Gasteiger partial charge in [-0.15, -0.1) is 0 Å². The van der Waals surface area contributed by atoms with Crippen LogP contribution in [0.25, 0.3) is 0 Å². The molecule has 0 aliphatic carbocycles. The standard InChI is InChI=1S/C16H22F2N2O/c1-11(2)20-8-6-16(3,7-9-20)19-15(21)13-10-12(17)4-5-14(13)18/h4-5,10-11H,6-9H2,1-3H3,(H,19,21). The molecule has 3 nitrogen and oxygen atoms in total. The number of benzene rings is 1. The molecule has 1 saturated heterocycles. The molecule has 2 rings (SSSR count). The number of rotatable bonds is 3. The Labute approximate surface area is 124 Å². The molecule has 0 radical (unpaired) electrons. The molecule has 1 aliphatic rings. The number of amides is 1. The number of hydrogen-bond donors (Lipinski definition) is 1. The Bertz CT molecular complexity index is 523. The zero-order valence-electron chi connectivity index (χ0n) is 12.7. The van der Waals surface area contributed by atoms with Crippen LogP contribution < -0.4 is 5.32 Å². The van der Waals surface area contributed by atoms with Crippen molar-refractivity contribution < 1.29 is 13.6 Å². The topological polar surface area (TPSA) is 32.3 Å². The smallest absolute Gasteiger partial charge is 0.254 e. The summed E-state index contributed by atoms with van der Waals surface area (Å²) in [5.74, 6) is -1.86. The molecule has 1 amide bonds. The maximum atomic E-state index is 13.6. The lowest BCUT2D eigenvalue weighted by atomic mass is 9.88. The summed E-state index contributed by atoms with van der Waals surface area (Å²) in [6.45, 7) is 8.02. The average Bonchev–Trinajstić information content (AvgIpc) is 2.41. The normalized spacial score (nSPS) is 18.8. The van der Waals surface area contributed by atoms with Crippen molar-refractivity contribution >= 4 is 5.91 Å². The highest BCUT2D eigenvalue weighted by Gasteiger charge is 2.32. The first-order chi connectivity index (χ1) is 9.81. The quantitative estimate of drug-likeness (QED) is 0.930. The molecule has 0 aromatic heterocycles. The van der Waals surface area contributed by atoms with Gasteiger partial charge in [0.25, 0.3) is 5.91 Å². The van der Waals surface area contributed by atoms with E-state index in [-0.39, 0.29) is 11.1 Å². The molecule has 1 aliphatic heterocycles. The summed E-state index contributed by atoms with van der Waals surface area (Å²) in [6.07, 6.45) is 1.60. The highest BCUT2D eigenvalue weighted by Crippen LogP contribution is 2.24. The maximum absolute atomic E-state index is 13.6. The Morgan fingerprint density at radius 2 is 1.90 bits per heavy atom. The van der Waals surface area contributed by atoms with Crippen molar-refractivity contribution in [2.75, 3.05) is 13.1 Å². The molecule has 0 spiro atoms. The molecule has 0 saturated carbocycles. The van der Waals surface area contributed by atoms with Crippen molar-refractivity contribution in [2.24, 2.45) is 0 Å². The third-order valence-corrected chi connectivity index (χ3v) is 4.22. The summed E-state index contributed by atoms with van der Waals surface area (Å²) in [6, 6.07) is 3.41. The molecule has 1 aromatic carbocycles. The van der Waals surface area contributed by atoms with E-state index < -0.39 is 17.5 Å². The van der Waals surface area contributed by atoms with Crippen LogP contribution in [0.2, 0.25) is 0 Å². The van der Waals surface area contributed by atoms with Gasteiger partial charge in [0.1, 0.15) is 11.6 Å². The van der Waals surface area contributed by atoms with Crippen molar-refractivity contribution in [3.05, 3.63) is 35.4 Å². The fraction of sp³-hybridized carbons (Fsp3) is 0.562. The second kappa shape index (κ2) is 6.10. The molecule has 1 fully saturated rings. The van der Waals surface area contributed by atoms with Crippen molar-refractivity contribution in [3.63, 3.8) is 0 Å². The van der Waals surface area contributed by atoms with Crippen LogP contribution in [0.4, 0.5) is 8.78 Å². The second-order valence-corrected chi connectivity index (χ2v) is 6.27. The first kappa shape index (κ1) is 15.9. The lowest BCUT2D eigenvalue weighted by molar-refractivity contribution is 0.0797. The molecule has 1 heterocycles. The van der Waals surface area contributed by atoms with E-state index in [1.807, 2.05) is 6.92 Å². The third kappa shape index (κ3) is 3.79. The van der Waals surface area contributed by atoms with Crippen LogP contribution in [0.5, 0.6) is 0 Å². The SMILES string of the molecule is CC(C)N1CCC(C)(NC(=O)c2cc(F)ccc2F)CC1. The summed E-state index contributed by atoms with van der Waals surface area (Å²) >= 11 is 0. The van der Waals surface area contributed by atoms with Crippen LogP contribution in [-0.2, 0) is 0 Å². The monoisotopic (exact) mass is 296 g/mol. The summed E-state index contributed by atoms with van der Waals surface area (Å²) in [4.78, 5) is 14.5. The number of hydrogen-bond acceptors (Lipinski definition) is 2. The molecule has 21 heavy (non-hydrogen) atoms. The number of piperidine rings is 1. The van der Waals surface area contributed by atoms with Crippen LogP contribution in [-0.4, -0.2) is 35.5 Å². The summed E-state index contributed by atoms with van der Waals surface area (Å²) in [7, 11) is 0. The van der Waals surface area contributed by atoms with Crippen molar-refractivity contribution in [1.29, 1.82) is 0 Å². The highest BCUT2D eigenvalue weighted by atomic mass is 19.1. The van der Waals surface area contributed by atoms with E-state index >= 15 is 0 Å².